The summed E-state index contributed by atoms with van der Waals surface area (Å²) in [5.41, 5.74) is 0.433. The van der Waals surface area contributed by atoms with Gasteiger partial charge in [-0.3, -0.25) is 9.59 Å². The summed E-state index contributed by atoms with van der Waals surface area (Å²) in [5.74, 6) is -1.15. The minimum Gasteiger partial charge on any atom is -0.508 e. The third-order valence-corrected chi connectivity index (χ3v) is 4.20. The van der Waals surface area contributed by atoms with Crippen LogP contribution in [0.2, 0.25) is 0 Å². The van der Waals surface area contributed by atoms with Crippen molar-refractivity contribution in [3.63, 3.8) is 0 Å². The lowest BCUT2D eigenvalue weighted by Crippen LogP contribution is -2.11. The Balaban J connectivity index is 2.75. The summed E-state index contributed by atoms with van der Waals surface area (Å²) in [7, 11) is 2.66. The van der Waals surface area contributed by atoms with Gasteiger partial charge in [-0.1, -0.05) is 25.6 Å². The lowest BCUT2D eigenvalue weighted by molar-refractivity contribution is -0.104. The predicted molar refractivity (Wildman–Crippen MR) is 108 cm³/mol. The molecule has 0 aromatic heterocycles. The van der Waals surface area contributed by atoms with Crippen LogP contribution in [-0.4, -0.2) is 36.5 Å². The molecule has 0 unspecified atom stereocenters. The van der Waals surface area contributed by atoms with E-state index in [1.807, 2.05) is 6.92 Å². The third-order valence-electron chi connectivity index (χ3n) is 4.20. The van der Waals surface area contributed by atoms with Crippen molar-refractivity contribution in [3.8, 4) is 28.7 Å². The highest BCUT2D eigenvalue weighted by Crippen LogP contribution is 2.49. The normalized spacial score (nSPS) is 10.9. The number of Topliss-reactive ketones (excluding diaryl/α,β-unsaturated/α-hetero) is 1. The number of carbonyl (C=O) groups is 2. The van der Waals surface area contributed by atoms with E-state index in [1.165, 1.54) is 32.4 Å². The molecule has 0 fully saturated rings. The van der Waals surface area contributed by atoms with Gasteiger partial charge in [-0.25, -0.2) is 0 Å². The number of ether oxygens (including phenoxy) is 3. The summed E-state index contributed by atoms with van der Waals surface area (Å²) in [6.45, 7) is 5.31. The first-order chi connectivity index (χ1) is 13.9. The Morgan fingerprint density at radius 3 is 2.34 bits per heavy atom. The first kappa shape index (κ1) is 21.6. The molecule has 0 aliphatic rings. The Bertz CT molecular complexity index is 974. The van der Waals surface area contributed by atoms with Gasteiger partial charge in [-0.2, -0.15) is 0 Å². The van der Waals surface area contributed by atoms with Gasteiger partial charge in [0.2, 0.25) is 11.5 Å². The zero-order chi connectivity index (χ0) is 21.6. The van der Waals surface area contributed by atoms with E-state index in [0.717, 1.165) is 6.26 Å². The van der Waals surface area contributed by atoms with Crippen LogP contribution in [0.1, 0.15) is 28.4 Å². The number of aldehydes is 1. The Morgan fingerprint density at radius 1 is 1.14 bits per heavy atom. The second-order valence-electron chi connectivity index (χ2n) is 5.88. The summed E-state index contributed by atoms with van der Waals surface area (Å²) in [6.07, 6.45) is 3.23. The van der Waals surface area contributed by atoms with Crippen LogP contribution in [0.25, 0.3) is 6.08 Å². The van der Waals surface area contributed by atoms with Gasteiger partial charge in [-0.15, -0.1) is 0 Å². The third kappa shape index (κ3) is 4.24. The highest BCUT2D eigenvalue weighted by molar-refractivity contribution is 6.25. The minimum absolute atomic E-state index is 0.0160. The molecule has 0 heterocycles. The summed E-state index contributed by atoms with van der Waals surface area (Å²) >= 11 is 0. The molecule has 0 amide bonds. The van der Waals surface area contributed by atoms with E-state index in [9.17, 15) is 19.8 Å². The molecule has 0 bridgehead atoms. The number of rotatable bonds is 9. The van der Waals surface area contributed by atoms with Crippen molar-refractivity contribution in [2.24, 2.45) is 0 Å². The van der Waals surface area contributed by atoms with Crippen molar-refractivity contribution in [2.45, 2.75) is 13.3 Å². The second kappa shape index (κ2) is 9.45. The average Bonchev–Trinajstić information content (AvgIpc) is 2.71. The smallest absolute Gasteiger partial charge is 0.205 e. The van der Waals surface area contributed by atoms with E-state index in [2.05, 4.69) is 6.58 Å². The number of allylic oxidation sites excluding steroid dienone is 1. The molecule has 0 radical (unpaired) electrons. The number of aromatic hydroxyl groups is 2. The molecule has 0 saturated heterocycles. The lowest BCUT2D eigenvalue weighted by atomic mass is 9.95. The summed E-state index contributed by atoms with van der Waals surface area (Å²) in [4.78, 5) is 24.8. The summed E-state index contributed by atoms with van der Waals surface area (Å²) in [5, 5.41) is 20.3. The molecule has 0 atom stereocenters. The fourth-order valence-electron chi connectivity index (χ4n) is 2.97. The first-order valence-electron chi connectivity index (χ1n) is 8.71. The van der Waals surface area contributed by atoms with Crippen LogP contribution >= 0.6 is 0 Å². The zero-order valence-electron chi connectivity index (χ0n) is 16.4. The minimum atomic E-state index is -0.768. The summed E-state index contributed by atoms with van der Waals surface area (Å²) < 4.78 is 16.0. The van der Waals surface area contributed by atoms with Crippen molar-refractivity contribution in [1.82, 2.24) is 0 Å². The molecule has 0 saturated carbocycles. The maximum absolute atomic E-state index is 13.2. The van der Waals surface area contributed by atoms with Gasteiger partial charge in [-0.05, 0) is 30.2 Å². The SMILES string of the molecule is C=COc1c(CC)c(OC)c(C(=O)/C(C=O)=C/c2cccc(O)c2)c(O)c1OC. The van der Waals surface area contributed by atoms with E-state index < -0.39 is 11.5 Å². The molecule has 29 heavy (non-hydrogen) atoms. The molecule has 7 nitrogen and oxygen atoms in total. The molecular formula is C22H22O7. The maximum Gasteiger partial charge on any atom is 0.205 e. The van der Waals surface area contributed by atoms with E-state index >= 15 is 0 Å². The number of phenolic OH excluding ortho intramolecular Hbond substituents is 2. The van der Waals surface area contributed by atoms with Crippen molar-refractivity contribution in [2.75, 3.05) is 14.2 Å². The maximum atomic E-state index is 13.2. The van der Waals surface area contributed by atoms with Crippen molar-refractivity contribution in [1.29, 1.82) is 0 Å². The van der Waals surface area contributed by atoms with Crippen LogP contribution in [0, 0.1) is 0 Å². The number of hydrogen-bond acceptors (Lipinski definition) is 7. The standard InChI is InChI=1S/C22H22O7/c1-5-16-20(27-3)17(19(26)22(28-4)21(16)29-6-2)18(25)14(12-23)10-13-8-7-9-15(24)11-13/h6-12,24,26H,2,5H2,1,3-4H3/b14-10+. The van der Waals surface area contributed by atoms with E-state index in [0.29, 0.717) is 23.8 Å². The number of ketones is 1. The molecule has 0 aliphatic carbocycles. The number of hydrogen-bond donors (Lipinski definition) is 2. The number of methoxy groups -OCH3 is 2. The molecule has 152 valence electrons. The topological polar surface area (TPSA) is 102 Å². The fourth-order valence-corrected chi connectivity index (χ4v) is 2.97. The van der Waals surface area contributed by atoms with Gasteiger partial charge >= 0.3 is 0 Å². The summed E-state index contributed by atoms with van der Waals surface area (Å²) in [6, 6.07) is 6.05. The van der Waals surface area contributed by atoms with Gasteiger partial charge in [0.1, 0.15) is 17.1 Å². The van der Waals surface area contributed by atoms with Gasteiger partial charge < -0.3 is 24.4 Å². The van der Waals surface area contributed by atoms with E-state index in [-0.39, 0.29) is 34.1 Å². The molecule has 2 aromatic carbocycles. The second-order valence-corrected chi connectivity index (χ2v) is 5.88. The van der Waals surface area contributed by atoms with Crippen LogP contribution in [0.15, 0.2) is 42.7 Å². The molecule has 2 N–H and O–H groups in total. The van der Waals surface area contributed by atoms with Crippen LogP contribution in [0.3, 0.4) is 0 Å². The fraction of sp³-hybridized carbons (Fsp3) is 0.182. The molecule has 0 aliphatic heterocycles. The first-order valence-corrected chi connectivity index (χ1v) is 8.71. The number of phenols is 2. The monoisotopic (exact) mass is 398 g/mol. The Labute approximate surface area is 168 Å². The van der Waals surface area contributed by atoms with Gasteiger partial charge in [0.05, 0.1) is 26.1 Å². The van der Waals surface area contributed by atoms with Crippen LogP contribution < -0.4 is 14.2 Å². The van der Waals surface area contributed by atoms with Crippen LogP contribution in [-0.2, 0) is 11.2 Å². The molecular weight excluding hydrogens is 376 g/mol. The largest absolute Gasteiger partial charge is 0.508 e. The van der Waals surface area contributed by atoms with Gasteiger partial charge in [0.15, 0.2) is 17.8 Å². The van der Waals surface area contributed by atoms with Crippen molar-refractivity contribution >= 4 is 18.1 Å². The zero-order valence-corrected chi connectivity index (χ0v) is 16.4. The molecule has 2 rings (SSSR count). The van der Waals surface area contributed by atoms with Crippen LogP contribution in [0.4, 0.5) is 0 Å². The van der Waals surface area contributed by atoms with Gasteiger partial charge in [0, 0.05) is 5.56 Å². The Hall–Kier alpha value is -3.74. The lowest BCUT2D eigenvalue weighted by Gasteiger charge is -2.20. The van der Waals surface area contributed by atoms with Gasteiger partial charge in [0.25, 0.3) is 0 Å². The quantitative estimate of drug-likeness (QED) is 0.166. The Morgan fingerprint density at radius 2 is 1.83 bits per heavy atom. The predicted octanol–water partition coefficient (Wildman–Crippen LogP) is 3.66. The van der Waals surface area contributed by atoms with Crippen molar-refractivity contribution in [3.05, 3.63) is 59.4 Å². The number of benzene rings is 2. The molecule has 2 aromatic rings. The highest BCUT2D eigenvalue weighted by atomic mass is 16.5. The molecule has 0 spiro atoms. The average molecular weight is 398 g/mol. The van der Waals surface area contributed by atoms with E-state index in [4.69, 9.17) is 14.2 Å². The van der Waals surface area contributed by atoms with Crippen molar-refractivity contribution < 1.29 is 34.0 Å². The molecule has 7 heteroatoms. The van der Waals surface area contributed by atoms with E-state index in [1.54, 1.807) is 12.1 Å². The number of carbonyl (C=O) groups excluding carboxylic acids is 2. The van der Waals surface area contributed by atoms with Crippen LogP contribution in [0.5, 0.6) is 28.7 Å². The highest BCUT2D eigenvalue weighted by Gasteiger charge is 2.31. The Kier molecular flexibility index (Phi) is 7.03.